The zero-order chi connectivity index (χ0) is 17.7. The van der Waals surface area contributed by atoms with Gasteiger partial charge in [0, 0.05) is 24.9 Å². The molecule has 2 aromatic rings. The van der Waals surface area contributed by atoms with Crippen LogP contribution < -0.4 is 16.0 Å². The topological polar surface area (TPSA) is 86.5 Å². The standard InChI is InChI=1S/C15H14F3N3O3/c1-9(22)21-23-8-10-6-12(4-5-20-10)24-11-2-3-14(19)13(7-11)15(16,17)18/h2-7H,8,19H2,1H3,(H,21,22). The maximum Gasteiger partial charge on any atom is 0.418 e. The third-order valence-corrected chi connectivity index (χ3v) is 2.79. The summed E-state index contributed by atoms with van der Waals surface area (Å²) in [6, 6.07) is 6.23. The monoisotopic (exact) mass is 341 g/mol. The van der Waals surface area contributed by atoms with Crippen molar-refractivity contribution in [1.29, 1.82) is 0 Å². The average molecular weight is 341 g/mol. The van der Waals surface area contributed by atoms with Gasteiger partial charge in [0.15, 0.2) is 0 Å². The Hall–Kier alpha value is -2.81. The molecule has 0 aliphatic heterocycles. The number of nitrogens with one attached hydrogen (secondary N) is 1. The Morgan fingerprint density at radius 1 is 1.25 bits per heavy atom. The molecule has 0 aliphatic rings. The molecule has 0 radical (unpaired) electrons. The molecule has 24 heavy (non-hydrogen) atoms. The van der Waals surface area contributed by atoms with Crippen LogP contribution in [0, 0.1) is 0 Å². The first kappa shape index (κ1) is 17.5. The van der Waals surface area contributed by atoms with Crippen molar-refractivity contribution in [3.8, 4) is 11.5 Å². The van der Waals surface area contributed by atoms with Crippen molar-refractivity contribution in [2.24, 2.45) is 0 Å². The number of nitrogens with zero attached hydrogens (tertiary/aromatic N) is 1. The molecule has 6 nitrogen and oxygen atoms in total. The van der Waals surface area contributed by atoms with Crippen LogP contribution in [0.25, 0.3) is 0 Å². The lowest BCUT2D eigenvalue weighted by Crippen LogP contribution is -2.20. The van der Waals surface area contributed by atoms with Gasteiger partial charge in [-0.25, -0.2) is 5.48 Å². The number of alkyl halides is 3. The second-order valence-corrected chi connectivity index (χ2v) is 4.78. The van der Waals surface area contributed by atoms with Gasteiger partial charge in [0.2, 0.25) is 5.91 Å². The van der Waals surface area contributed by atoms with Gasteiger partial charge in [0.05, 0.1) is 11.3 Å². The van der Waals surface area contributed by atoms with Gasteiger partial charge in [-0.05, 0) is 24.3 Å². The molecule has 1 amide bonds. The Kier molecular flexibility index (Phi) is 5.24. The molecule has 0 aliphatic carbocycles. The zero-order valence-electron chi connectivity index (χ0n) is 12.6. The van der Waals surface area contributed by atoms with Crippen molar-refractivity contribution < 1.29 is 27.5 Å². The Morgan fingerprint density at radius 3 is 2.62 bits per heavy atom. The molecule has 1 heterocycles. The van der Waals surface area contributed by atoms with Crippen molar-refractivity contribution in [3.63, 3.8) is 0 Å². The Bertz CT molecular complexity index is 735. The number of hydrogen-bond acceptors (Lipinski definition) is 5. The summed E-state index contributed by atoms with van der Waals surface area (Å²) in [6.45, 7) is 1.26. The molecule has 0 saturated heterocycles. The number of aromatic nitrogens is 1. The van der Waals surface area contributed by atoms with Crippen LogP contribution in [-0.2, 0) is 22.4 Å². The minimum Gasteiger partial charge on any atom is -0.457 e. The molecule has 0 unspecified atom stereocenters. The fourth-order valence-corrected chi connectivity index (χ4v) is 1.79. The number of amides is 1. The molecule has 0 atom stereocenters. The minimum absolute atomic E-state index is 0.0172. The van der Waals surface area contributed by atoms with Crippen LogP contribution in [0.15, 0.2) is 36.5 Å². The Morgan fingerprint density at radius 2 is 1.96 bits per heavy atom. The summed E-state index contributed by atoms with van der Waals surface area (Å²) in [4.78, 5) is 19.6. The van der Waals surface area contributed by atoms with E-state index in [0.717, 1.165) is 12.1 Å². The van der Waals surface area contributed by atoms with Gasteiger partial charge >= 0.3 is 6.18 Å². The number of ether oxygens (including phenoxy) is 1. The lowest BCUT2D eigenvalue weighted by atomic mass is 10.1. The van der Waals surface area contributed by atoms with Crippen LogP contribution in [0.1, 0.15) is 18.2 Å². The maximum atomic E-state index is 12.8. The molecule has 1 aromatic heterocycles. The minimum atomic E-state index is -4.57. The molecule has 0 fully saturated rings. The number of rotatable bonds is 5. The molecule has 1 aromatic carbocycles. The fourth-order valence-electron chi connectivity index (χ4n) is 1.79. The van der Waals surface area contributed by atoms with Crippen LogP contribution in [0.3, 0.4) is 0 Å². The summed E-state index contributed by atoms with van der Waals surface area (Å²) < 4.78 is 43.9. The second kappa shape index (κ2) is 7.18. The molecule has 2 rings (SSSR count). The summed E-state index contributed by atoms with van der Waals surface area (Å²) in [5.74, 6) is -0.121. The van der Waals surface area contributed by atoms with Crippen molar-refractivity contribution in [1.82, 2.24) is 10.5 Å². The molecule has 3 N–H and O–H groups in total. The largest absolute Gasteiger partial charge is 0.457 e. The fraction of sp³-hybridized carbons (Fsp3) is 0.200. The molecular weight excluding hydrogens is 327 g/mol. The third-order valence-electron chi connectivity index (χ3n) is 2.79. The highest BCUT2D eigenvalue weighted by Crippen LogP contribution is 2.36. The number of benzene rings is 1. The van der Waals surface area contributed by atoms with E-state index in [9.17, 15) is 18.0 Å². The molecule has 128 valence electrons. The van der Waals surface area contributed by atoms with E-state index < -0.39 is 11.7 Å². The van der Waals surface area contributed by atoms with E-state index in [1.54, 1.807) is 0 Å². The van der Waals surface area contributed by atoms with E-state index in [0.29, 0.717) is 5.69 Å². The summed E-state index contributed by atoms with van der Waals surface area (Å²) >= 11 is 0. The van der Waals surface area contributed by atoms with Crippen LogP contribution in [0.5, 0.6) is 11.5 Å². The van der Waals surface area contributed by atoms with Crippen molar-refractivity contribution in [2.45, 2.75) is 19.7 Å². The number of nitrogen functional groups attached to an aromatic ring is 1. The summed E-state index contributed by atoms with van der Waals surface area (Å²) in [5.41, 5.74) is 6.54. The van der Waals surface area contributed by atoms with E-state index in [-0.39, 0.29) is 29.7 Å². The van der Waals surface area contributed by atoms with E-state index >= 15 is 0 Å². The van der Waals surface area contributed by atoms with Crippen LogP contribution in [0.2, 0.25) is 0 Å². The number of carbonyl (C=O) groups is 1. The molecule has 0 spiro atoms. The Labute approximate surface area is 135 Å². The smallest absolute Gasteiger partial charge is 0.418 e. The SMILES string of the molecule is CC(=O)NOCc1cc(Oc2ccc(N)c(C(F)(F)F)c2)ccn1. The highest BCUT2D eigenvalue weighted by molar-refractivity contribution is 5.71. The van der Waals surface area contributed by atoms with Gasteiger partial charge in [0.25, 0.3) is 0 Å². The summed E-state index contributed by atoms with van der Waals surface area (Å²) in [7, 11) is 0. The highest BCUT2D eigenvalue weighted by atomic mass is 19.4. The predicted molar refractivity (Wildman–Crippen MR) is 78.8 cm³/mol. The Balaban J connectivity index is 2.12. The van der Waals surface area contributed by atoms with E-state index in [2.05, 4.69) is 10.5 Å². The quantitative estimate of drug-likeness (QED) is 0.645. The van der Waals surface area contributed by atoms with Gasteiger partial charge in [-0.15, -0.1) is 0 Å². The van der Waals surface area contributed by atoms with Crippen LogP contribution >= 0.6 is 0 Å². The van der Waals surface area contributed by atoms with Gasteiger partial charge in [-0.1, -0.05) is 0 Å². The average Bonchev–Trinajstić information content (AvgIpc) is 2.48. The van der Waals surface area contributed by atoms with Gasteiger partial charge in [-0.2, -0.15) is 13.2 Å². The van der Waals surface area contributed by atoms with E-state index in [4.69, 9.17) is 15.3 Å². The lowest BCUT2D eigenvalue weighted by molar-refractivity contribution is -0.137. The first-order valence-corrected chi connectivity index (χ1v) is 6.73. The van der Waals surface area contributed by atoms with Gasteiger partial charge in [-0.3, -0.25) is 14.6 Å². The van der Waals surface area contributed by atoms with Crippen molar-refractivity contribution in [3.05, 3.63) is 47.8 Å². The number of nitrogens with two attached hydrogens (primary N) is 1. The summed E-state index contributed by atoms with van der Waals surface area (Å²) in [6.07, 6.45) is -3.16. The number of halogens is 3. The second-order valence-electron chi connectivity index (χ2n) is 4.78. The van der Waals surface area contributed by atoms with E-state index in [1.165, 1.54) is 31.3 Å². The first-order valence-electron chi connectivity index (χ1n) is 6.73. The summed E-state index contributed by atoms with van der Waals surface area (Å²) in [5, 5.41) is 0. The molecule has 9 heteroatoms. The van der Waals surface area contributed by atoms with Crippen molar-refractivity contribution in [2.75, 3.05) is 5.73 Å². The predicted octanol–water partition coefficient (Wildman–Crippen LogP) is 3.04. The van der Waals surface area contributed by atoms with Crippen LogP contribution in [0.4, 0.5) is 18.9 Å². The maximum absolute atomic E-state index is 12.8. The number of anilines is 1. The lowest BCUT2D eigenvalue weighted by Gasteiger charge is -2.13. The number of hydrogen-bond donors (Lipinski definition) is 2. The first-order chi connectivity index (χ1) is 11.3. The van der Waals surface area contributed by atoms with E-state index in [1.807, 2.05) is 0 Å². The number of pyridine rings is 1. The number of hydroxylamine groups is 1. The van der Waals surface area contributed by atoms with Gasteiger partial charge in [0.1, 0.15) is 18.1 Å². The molecular formula is C15H14F3N3O3. The number of carbonyl (C=O) groups excluding carboxylic acids is 1. The third kappa shape index (κ3) is 4.85. The van der Waals surface area contributed by atoms with Crippen molar-refractivity contribution >= 4 is 11.6 Å². The normalized spacial score (nSPS) is 11.2. The highest BCUT2D eigenvalue weighted by Gasteiger charge is 2.33. The van der Waals surface area contributed by atoms with Crippen LogP contribution in [-0.4, -0.2) is 10.9 Å². The molecule has 0 bridgehead atoms. The molecule has 0 saturated carbocycles. The van der Waals surface area contributed by atoms with Gasteiger partial charge < -0.3 is 10.5 Å². The zero-order valence-corrected chi connectivity index (χ0v) is 12.6.